The van der Waals surface area contributed by atoms with Crippen LogP contribution in [0.5, 0.6) is 0 Å². The van der Waals surface area contributed by atoms with E-state index < -0.39 is 0 Å². The Morgan fingerprint density at radius 1 is 1.17 bits per heavy atom. The highest BCUT2D eigenvalue weighted by atomic mass is 16.2. The van der Waals surface area contributed by atoms with Gasteiger partial charge in [0, 0.05) is 31.1 Å². The molecule has 2 heterocycles. The number of likely N-dealkylation sites (tertiary alicyclic amines) is 1. The number of hydrogen-bond acceptors (Lipinski definition) is 3. The monoisotopic (exact) mass is 329 g/mol. The van der Waals surface area contributed by atoms with Crippen molar-refractivity contribution in [2.24, 2.45) is 11.8 Å². The lowest BCUT2D eigenvalue weighted by molar-refractivity contribution is -0.142. The number of nitrogens with zero attached hydrogens (tertiary/aromatic N) is 2. The Hall–Kier alpha value is -1.91. The Morgan fingerprint density at radius 3 is 2.58 bits per heavy atom. The van der Waals surface area contributed by atoms with Gasteiger partial charge in [-0.05, 0) is 44.2 Å². The Balaban J connectivity index is 1.62. The van der Waals surface area contributed by atoms with Crippen LogP contribution in [-0.2, 0) is 16.1 Å². The molecule has 1 saturated carbocycles. The molecule has 1 aliphatic heterocycles. The van der Waals surface area contributed by atoms with Crippen molar-refractivity contribution < 1.29 is 9.59 Å². The molecule has 2 amide bonds. The zero-order valence-electron chi connectivity index (χ0n) is 14.5. The smallest absolute Gasteiger partial charge is 0.226 e. The lowest BCUT2D eigenvalue weighted by Gasteiger charge is -2.32. The standard InChI is InChI=1S/C19H27N3O2/c1-14-7-6-10-20-17(14)13-21-18(23)15-8-2-3-9-16(15)19(24)22-11-4-5-12-22/h6-7,10,15-16H,2-5,8-9,11-13H2,1H3,(H,21,23)/t15-,16-/m1/s1. The molecule has 2 aliphatic rings. The van der Waals surface area contributed by atoms with Gasteiger partial charge in [0.2, 0.25) is 11.8 Å². The normalized spacial score (nSPS) is 24.0. The van der Waals surface area contributed by atoms with Crippen LogP contribution in [0.2, 0.25) is 0 Å². The van der Waals surface area contributed by atoms with Crippen molar-refractivity contribution in [3.05, 3.63) is 29.6 Å². The lowest BCUT2D eigenvalue weighted by Crippen LogP contribution is -2.44. The van der Waals surface area contributed by atoms with E-state index in [1.807, 2.05) is 24.0 Å². The van der Waals surface area contributed by atoms with Gasteiger partial charge in [-0.15, -0.1) is 0 Å². The van der Waals surface area contributed by atoms with E-state index in [1.165, 1.54) is 0 Å². The summed E-state index contributed by atoms with van der Waals surface area (Å²) in [6.45, 7) is 4.15. The molecule has 0 aromatic carbocycles. The van der Waals surface area contributed by atoms with Gasteiger partial charge >= 0.3 is 0 Å². The van der Waals surface area contributed by atoms with Crippen molar-refractivity contribution in [1.29, 1.82) is 0 Å². The molecule has 3 rings (SSSR count). The molecule has 0 unspecified atom stereocenters. The number of carbonyl (C=O) groups excluding carboxylic acids is 2. The number of aromatic nitrogens is 1. The third-order valence-corrected chi connectivity index (χ3v) is 5.39. The van der Waals surface area contributed by atoms with E-state index >= 15 is 0 Å². The van der Waals surface area contributed by atoms with Gasteiger partial charge in [-0.2, -0.15) is 0 Å². The fourth-order valence-electron chi connectivity index (χ4n) is 3.92. The van der Waals surface area contributed by atoms with Crippen LogP contribution in [0.3, 0.4) is 0 Å². The number of hydrogen-bond donors (Lipinski definition) is 1. The minimum absolute atomic E-state index is 0.0114. The molecule has 0 radical (unpaired) electrons. The number of pyridine rings is 1. The van der Waals surface area contributed by atoms with Gasteiger partial charge in [0.1, 0.15) is 0 Å². The van der Waals surface area contributed by atoms with Crippen LogP contribution in [-0.4, -0.2) is 34.8 Å². The summed E-state index contributed by atoms with van der Waals surface area (Å²) in [5, 5.41) is 3.01. The van der Waals surface area contributed by atoms with E-state index in [0.717, 1.165) is 62.9 Å². The highest BCUT2D eigenvalue weighted by molar-refractivity contribution is 5.88. The SMILES string of the molecule is Cc1cccnc1CNC(=O)[C@@H]1CCCC[C@H]1C(=O)N1CCCC1. The largest absolute Gasteiger partial charge is 0.350 e. The van der Waals surface area contributed by atoms with Crippen LogP contribution in [0, 0.1) is 18.8 Å². The molecule has 2 fully saturated rings. The second-order valence-electron chi connectivity index (χ2n) is 7.01. The van der Waals surface area contributed by atoms with Gasteiger partial charge in [0.15, 0.2) is 0 Å². The third kappa shape index (κ3) is 3.77. The molecule has 1 saturated heterocycles. The van der Waals surface area contributed by atoms with Crippen molar-refractivity contribution in [1.82, 2.24) is 15.2 Å². The third-order valence-electron chi connectivity index (χ3n) is 5.39. The second-order valence-corrected chi connectivity index (χ2v) is 7.01. The first-order chi connectivity index (χ1) is 11.7. The Kier molecular flexibility index (Phi) is 5.48. The van der Waals surface area contributed by atoms with Crippen molar-refractivity contribution in [2.75, 3.05) is 13.1 Å². The van der Waals surface area contributed by atoms with Gasteiger partial charge in [0.05, 0.1) is 12.2 Å². The topological polar surface area (TPSA) is 62.3 Å². The maximum Gasteiger partial charge on any atom is 0.226 e. The zero-order valence-corrected chi connectivity index (χ0v) is 14.5. The molecule has 0 bridgehead atoms. The van der Waals surface area contributed by atoms with Gasteiger partial charge in [-0.3, -0.25) is 14.6 Å². The summed E-state index contributed by atoms with van der Waals surface area (Å²) >= 11 is 0. The van der Waals surface area contributed by atoms with Crippen LogP contribution in [0.1, 0.15) is 49.8 Å². The van der Waals surface area contributed by atoms with Crippen LogP contribution >= 0.6 is 0 Å². The number of amides is 2. The van der Waals surface area contributed by atoms with E-state index in [4.69, 9.17) is 0 Å². The zero-order chi connectivity index (χ0) is 16.9. The lowest BCUT2D eigenvalue weighted by atomic mass is 9.78. The predicted molar refractivity (Wildman–Crippen MR) is 92.1 cm³/mol. The van der Waals surface area contributed by atoms with E-state index in [0.29, 0.717) is 6.54 Å². The molecule has 1 N–H and O–H groups in total. The van der Waals surface area contributed by atoms with Crippen LogP contribution < -0.4 is 5.32 Å². The molecule has 1 aromatic heterocycles. The first-order valence-corrected chi connectivity index (χ1v) is 9.14. The first kappa shape index (κ1) is 16.9. The van der Waals surface area contributed by atoms with Gasteiger partial charge in [-0.25, -0.2) is 0 Å². The maximum absolute atomic E-state index is 12.8. The molecule has 24 heavy (non-hydrogen) atoms. The molecular weight excluding hydrogens is 302 g/mol. The van der Waals surface area contributed by atoms with Gasteiger partial charge in [0.25, 0.3) is 0 Å². The van der Waals surface area contributed by atoms with Crippen molar-refractivity contribution in [3.8, 4) is 0 Å². The highest BCUT2D eigenvalue weighted by Gasteiger charge is 2.38. The summed E-state index contributed by atoms with van der Waals surface area (Å²) in [5.74, 6) is -0.115. The fraction of sp³-hybridized carbons (Fsp3) is 0.632. The second kappa shape index (κ2) is 7.77. The fourth-order valence-corrected chi connectivity index (χ4v) is 3.92. The number of carbonyl (C=O) groups is 2. The Labute approximate surface area is 143 Å². The molecule has 0 spiro atoms. The number of aryl methyl sites for hydroxylation is 1. The Bertz CT molecular complexity index is 596. The average Bonchev–Trinajstić information content (AvgIpc) is 3.15. The number of nitrogens with one attached hydrogen (secondary N) is 1. The average molecular weight is 329 g/mol. The maximum atomic E-state index is 12.8. The van der Waals surface area contributed by atoms with Gasteiger partial charge in [-0.1, -0.05) is 18.9 Å². The van der Waals surface area contributed by atoms with E-state index in [-0.39, 0.29) is 23.7 Å². The van der Waals surface area contributed by atoms with E-state index in [1.54, 1.807) is 6.20 Å². The van der Waals surface area contributed by atoms with Crippen LogP contribution in [0.25, 0.3) is 0 Å². The summed E-state index contributed by atoms with van der Waals surface area (Å²) in [6.07, 6.45) is 7.67. The van der Waals surface area contributed by atoms with E-state index in [9.17, 15) is 9.59 Å². The van der Waals surface area contributed by atoms with E-state index in [2.05, 4.69) is 10.3 Å². The molecule has 2 atom stereocenters. The first-order valence-electron chi connectivity index (χ1n) is 9.14. The van der Waals surface area contributed by atoms with Crippen molar-refractivity contribution >= 4 is 11.8 Å². The molecule has 5 heteroatoms. The number of rotatable bonds is 4. The van der Waals surface area contributed by atoms with Gasteiger partial charge < -0.3 is 10.2 Å². The molecule has 5 nitrogen and oxygen atoms in total. The minimum Gasteiger partial charge on any atom is -0.350 e. The predicted octanol–water partition coefficient (Wildman–Crippen LogP) is 2.44. The summed E-state index contributed by atoms with van der Waals surface area (Å²) in [6, 6.07) is 3.89. The Morgan fingerprint density at radius 2 is 1.88 bits per heavy atom. The summed E-state index contributed by atoms with van der Waals surface area (Å²) in [4.78, 5) is 31.8. The minimum atomic E-state index is -0.184. The summed E-state index contributed by atoms with van der Waals surface area (Å²) in [5.41, 5.74) is 1.97. The summed E-state index contributed by atoms with van der Waals surface area (Å²) < 4.78 is 0. The van der Waals surface area contributed by atoms with Crippen LogP contribution in [0.15, 0.2) is 18.3 Å². The molecule has 1 aliphatic carbocycles. The molecule has 1 aromatic rings. The van der Waals surface area contributed by atoms with Crippen molar-refractivity contribution in [2.45, 2.75) is 52.0 Å². The van der Waals surface area contributed by atoms with Crippen molar-refractivity contribution in [3.63, 3.8) is 0 Å². The highest BCUT2D eigenvalue weighted by Crippen LogP contribution is 2.32. The molecular formula is C19H27N3O2. The molecule has 130 valence electrons. The quantitative estimate of drug-likeness (QED) is 0.923. The van der Waals surface area contributed by atoms with Crippen LogP contribution in [0.4, 0.5) is 0 Å². The summed E-state index contributed by atoms with van der Waals surface area (Å²) in [7, 11) is 0.